The predicted octanol–water partition coefficient (Wildman–Crippen LogP) is 0.527. The van der Waals surface area contributed by atoms with Crippen molar-refractivity contribution < 1.29 is 14.3 Å². The summed E-state index contributed by atoms with van der Waals surface area (Å²) in [6.07, 6.45) is 1.57. The van der Waals surface area contributed by atoms with E-state index in [0.29, 0.717) is 0 Å². The van der Waals surface area contributed by atoms with E-state index < -0.39 is 0 Å². The molecule has 3 nitrogen and oxygen atoms in total. The van der Waals surface area contributed by atoms with Gasteiger partial charge in [0.05, 0.1) is 5.92 Å². The average Bonchev–Trinajstić information content (AvgIpc) is 2.43. The molecule has 0 aromatic rings. The van der Waals surface area contributed by atoms with Gasteiger partial charge in [0.15, 0.2) is 0 Å². The lowest BCUT2D eigenvalue weighted by molar-refractivity contribution is -0.152. The second kappa shape index (κ2) is 2.06. The highest BCUT2D eigenvalue weighted by Gasteiger charge is 2.49. The van der Waals surface area contributed by atoms with Gasteiger partial charge >= 0.3 is 5.97 Å². The fraction of sp³-hybridized carbons (Fsp3) is 0.750. The van der Waals surface area contributed by atoms with Gasteiger partial charge < -0.3 is 4.74 Å². The summed E-state index contributed by atoms with van der Waals surface area (Å²) in [7, 11) is 0. The predicted molar refractivity (Wildman–Crippen MR) is 36.8 cm³/mol. The topological polar surface area (TPSA) is 43.4 Å². The molecule has 0 amide bonds. The highest BCUT2D eigenvalue weighted by Crippen LogP contribution is 2.41. The standard InChI is InChI=1S/C8H10O3/c1-4(9)6-2-5-3-7(6)8(10)11-5/h5-7H,2-3H2,1H3. The largest absolute Gasteiger partial charge is 0.462 e. The van der Waals surface area contributed by atoms with E-state index in [1.807, 2.05) is 0 Å². The van der Waals surface area contributed by atoms with E-state index in [1.54, 1.807) is 6.92 Å². The molecular formula is C8H10O3. The molecule has 1 aliphatic heterocycles. The molecule has 2 aliphatic rings. The minimum Gasteiger partial charge on any atom is -0.462 e. The minimum absolute atomic E-state index is 0.0405. The molecule has 3 atom stereocenters. The summed E-state index contributed by atoms with van der Waals surface area (Å²) in [5, 5.41) is 0. The van der Waals surface area contributed by atoms with Crippen molar-refractivity contribution in [1.29, 1.82) is 0 Å². The number of carbonyl (C=O) groups is 2. The third-order valence-electron chi connectivity index (χ3n) is 2.63. The highest BCUT2D eigenvalue weighted by molar-refractivity contribution is 5.87. The summed E-state index contributed by atoms with van der Waals surface area (Å²) in [6, 6.07) is 0. The van der Waals surface area contributed by atoms with Gasteiger partial charge in [-0.05, 0) is 19.8 Å². The van der Waals surface area contributed by atoms with Crippen LogP contribution in [0, 0.1) is 11.8 Å². The highest BCUT2D eigenvalue weighted by atomic mass is 16.6. The van der Waals surface area contributed by atoms with Crippen LogP contribution in [0.15, 0.2) is 0 Å². The van der Waals surface area contributed by atoms with Gasteiger partial charge in [0, 0.05) is 5.92 Å². The summed E-state index contributed by atoms with van der Waals surface area (Å²) >= 11 is 0. The number of Topliss-reactive ketones (excluding diaryl/α,β-unsaturated/α-hetero) is 1. The first-order valence-corrected chi connectivity index (χ1v) is 3.89. The number of rotatable bonds is 1. The molecule has 0 spiro atoms. The van der Waals surface area contributed by atoms with Gasteiger partial charge in [-0.2, -0.15) is 0 Å². The van der Waals surface area contributed by atoms with Crippen LogP contribution in [-0.2, 0) is 14.3 Å². The van der Waals surface area contributed by atoms with Crippen molar-refractivity contribution in [2.24, 2.45) is 11.8 Å². The average molecular weight is 154 g/mol. The molecule has 1 saturated heterocycles. The number of hydrogen-bond donors (Lipinski definition) is 0. The van der Waals surface area contributed by atoms with Gasteiger partial charge in [-0.1, -0.05) is 0 Å². The Morgan fingerprint density at radius 1 is 1.55 bits per heavy atom. The molecule has 60 valence electrons. The maximum atomic E-state index is 11.0. The van der Waals surface area contributed by atoms with Crippen molar-refractivity contribution in [3.63, 3.8) is 0 Å². The van der Waals surface area contributed by atoms with Gasteiger partial charge in [0.1, 0.15) is 11.9 Å². The van der Waals surface area contributed by atoms with Gasteiger partial charge in [-0.3, -0.25) is 9.59 Å². The molecule has 0 aromatic carbocycles. The quantitative estimate of drug-likeness (QED) is 0.517. The SMILES string of the molecule is CC(=O)C1CC2CC1C(=O)O2. The normalized spacial score (nSPS) is 40.8. The molecule has 1 saturated carbocycles. The molecule has 3 heteroatoms. The van der Waals surface area contributed by atoms with Crippen LogP contribution in [0.25, 0.3) is 0 Å². The molecule has 2 bridgehead atoms. The third kappa shape index (κ3) is 0.870. The van der Waals surface area contributed by atoms with E-state index in [4.69, 9.17) is 4.74 Å². The maximum absolute atomic E-state index is 11.0. The molecule has 0 aromatic heterocycles. The first-order chi connectivity index (χ1) is 5.18. The molecule has 0 radical (unpaired) electrons. The summed E-state index contributed by atoms with van der Waals surface area (Å²) in [5.41, 5.74) is 0. The van der Waals surface area contributed by atoms with Crippen molar-refractivity contribution in [3.05, 3.63) is 0 Å². The Bertz CT molecular complexity index is 221. The number of ether oxygens (including phenoxy) is 1. The first-order valence-electron chi connectivity index (χ1n) is 3.89. The van der Waals surface area contributed by atoms with Crippen LogP contribution in [0.4, 0.5) is 0 Å². The zero-order valence-electron chi connectivity index (χ0n) is 6.37. The van der Waals surface area contributed by atoms with E-state index in [1.165, 1.54) is 0 Å². The monoisotopic (exact) mass is 154 g/mol. The van der Waals surface area contributed by atoms with Crippen LogP contribution in [0.3, 0.4) is 0 Å². The van der Waals surface area contributed by atoms with Crippen LogP contribution in [0.1, 0.15) is 19.8 Å². The van der Waals surface area contributed by atoms with Crippen molar-refractivity contribution >= 4 is 11.8 Å². The molecule has 1 heterocycles. The molecule has 11 heavy (non-hydrogen) atoms. The van der Waals surface area contributed by atoms with Gasteiger partial charge in [0.25, 0.3) is 0 Å². The zero-order chi connectivity index (χ0) is 8.01. The maximum Gasteiger partial charge on any atom is 0.310 e. The molecule has 3 unspecified atom stereocenters. The number of hydrogen-bond acceptors (Lipinski definition) is 3. The van der Waals surface area contributed by atoms with Gasteiger partial charge in [-0.15, -0.1) is 0 Å². The van der Waals surface area contributed by atoms with Crippen molar-refractivity contribution in [1.82, 2.24) is 0 Å². The van der Waals surface area contributed by atoms with Crippen molar-refractivity contribution in [2.45, 2.75) is 25.9 Å². The summed E-state index contributed by atoms with van der Waals surface area (Å²) in [5.74, 6) is -0.186. The van der Waals surface area contributed by atoms with Crippen LogP contribution >= 0.6 is 0 Å². The molecule has 2 fully saturated rings. The number of esters is 1. The van der Waals surface area contributed by atoms with Crippen molar-refractivity contribution in [3.8, 4) is 0 Å². The third-order valence-corrected chi connectivity index (χ3v) is 2.63. The smallest absolute Gasteiger partial charge is 0.310 e. The fourth-order valence-electron chi connectivity index (χ4n) is 2.05. The Morgan fingerprint density at radius 3 is 2.64 bits per heavy atom. The van der Waals surface area contributed by atoms with Crippen molar-refractivity contribution in [2.75, 3.05) is 0 Å². The van der Waals surface area contributed by atoms with Crippen LogP contribution in [0.2, 0.25) is 0 Å². The Morgan fingerprint density at radius 2 is 2.27 bits per heavy atom. The number of carbonyl (C=O) groups excluding carboxylic acids is 2. The minimum atomic E-state index is -0.165. The van der Waals surface area contributed by atoms with Crippen LogP contribution in [-0.4, -0.2) is 17.9 Å². The summed E-state index contributed by atoms with van der Waals surface area (Å²) in [6.45, 7) is 1.55. The number of ketones is 1. The Labute approximate surface area is 64.7 Å². The lowest BCUT2D eigenvalue weighted by Crippen LogP contribution is -2.27. The van der Waals surface area contributed by atoms with E-state index >= 15 is 0 Å². The molecule has 1 aliphatic carbocycles. The number of fused-ring (bicyclic) bond motifs is 2. The van der Waals surface area contributed by atoms with E-state index in [9.17, 15) is 9.59 Å². The van der Waals surface area contributed by atoms with Gasteiger partial charge in [0.2, 0.25) is 0 Å². The summed E-state index contributed by atoms with van der Waals surface area (Å²) < 4.78 is 4.95. The van der Waals surface area contributed by atoms with Crippen LogP contribution in [0.5, 0.6) is 0 Å². The molecule has 2 rings (SSSR count). The Balaban J connectivity index is 2.18. The first kappa shape index (κ1) is 6.83. The van der Waals surface area contributed by atoms with E-state index in [-0.39, 0.29) is 29.7 Å². The zero-order valence-corrected chi connectivity index (χ0v) is 6.37. The Hall–Kier alpha value is -0.860. The van der Waals surface area contributed by atoms with E-state index in [2.05, 4.69) is 0 Å². The lowest BCUT2D eigenvalue weighted by atomic mass is 9.92. The van der Waals surface area contributed by atoms with Gasteiger partial charge in [-0.25, -0.2) is 0 Å². The molecule has 0 N–H and O–H groups in total. The molecular weight excluding hydrogens is 144 g/mol. The van der Waals surface area contributed by atoms with E-state index in [0.717, 1.165) is 12.8 Å². The summed E-state index contributed by atoms with van der Waals surface area (Å²) in [4.78, 5) is 21.9. The van der Waals surface area contributed by atoms with Crippen LogP contribution < -0.4 is 0 Å². The second-order valence-electron chi connectivity index (χ2n) is 3.35. The lowest BCUT2D eigenvalue weighted by Gasteiger charge is -2.17. The second-order valence-corrected chi connectivity index (χ2v) is 3.35. The Kier molecular flexibility index (Phi) is 1.28. The fourth-order valence-corrected chi connectivity index (χ4v) is 2.05.